The number of para-hydroxylation sites is 2. The van der Waals surface area contributed by atoms with E-state index < -0.39 is 16.0 Å². The molecule has 2 N–H and O–H groups in total. The quantitative estimate of drug-likeness (QED) is 0.407. The van der Waals surface area contributed by atoms with Crippen molar-refractivity contribution >= 4 is 49.8 Å². The van der Waals surface area contributed by atoms with Crippen LogP contribution in [-0.4, -0.2) is 43.8 Å². The average molecular weight is 496 g/mol. The topological polar surface area (TPSA) is 109 Å². The van der Waals surface area contributed by atoms with Crippen molar-refractivity contribution < 1.29 is 22.7 Å². The molecule has 8 nitrogen and oxygen atoms in total. The van der Waals surface area contributed by atoms with Gasteiger partial charge in [-0.15, -0.1) is 11.3 Å². The predicted molar refractivity (Wildman–Crippen MR) is 130 cm³/mol. The van der Waals surface area contributed by atoms with Crippen molar-refractivity contribution in [3.05, 3.63) is 82.4 Å². The van der Waals surface area contributed by atoms with Crippen LogP contribution in [0.1, 0.15) is 31.3 Å². The molecule has 1 aliphatic heterocycles. The van der Waals surface area contributed by atoms with Gasteiger partial charge in [-0.1, -0.05) is 36.4 Å². The van der Waals surface area contributed by atoms with Gasteiger partial charge in [0.15, 0.2) is 4.21 Å². The summed E-state index contributed by atoms with van der Waals surface area (Å²) < 4.78 is 33.7. The number of sulfonamides is 1. The van der Waals surface area contributed by atoms with Gasteiger partial charge in [0.1, 0.15) is 5.69 Å². The number of ether oxygens (including phenoxy) is 1. The first-order valence-electron chi connectivity index (χ1n) is 10.5. The van der Waals surface area contributed by atoms with E-state index in [4.69, 9.17) is 4.74 Å². The molecule has 0 unspecified atom stereocenters. The summed E-state index contributed by atoms with van der Waals surface area (Å²) in [6.07, 6.45) is 0.350. The minimum Gasteiger partial charge on any atom is -0.465 e. The van der Waals surface area contributed by atoms with E-state index in [-0.39, 0.29) is 22.2 Å². The molecule has 0 spiro atoms. The maximum atomic E-state index is 13.2. The number of anilines is 1. The SMILES string of the molecule is COC(=O)c1c(S(=O)(=O)Nc2ccccc2)sc2c1CCN(C(=O)c1cc3ccccc3[nH]1)C2. The van der Waals surface area contributed by atoms with Crippen LogP contribution in [0.2, 0.25) is 0 Å². The van der Waals surface area contributed by atoms with Gasteiger partial charge in [0.05, 0.1) is 19.2 Å². The highest BCUT2D eigenvalue weighted by molar-refractivity contribution is 7.94. The number of hydrogen-bond acceptors (Lipinski definition) is 6. The Morgan fingerprint density at radius 1 is 1.09 bits per heavy atom. The predicted octanol–water partition coefficient (Wildman–Crippen LogP) is 4.02. The Labute approximate surface area is 200 Å². The fourth-order valence-electron chi connectivity index (χ4n) is 4.12. The van der Waals surface area contributed by atoms with Crippen LogP contribution in [0, 0.1) is 0 Å². The first-order chi connectivity index (χ1) is 16.4. The minimum absolute atomic E-state index is 0.0450. The van der Waals surface area contributed by atoms with Crippen molar-refractivity contribution in [2.45, 2.75) is 17.2 Å². The Balaban J connectivity index is 1.48. The highest BCUT2D eigenvalue weighted by Crippen LogP contribution is 2.37. The number of methoxy groups -OCH3 is 1. The van der Waals surface area contributed by atoms with E-state index in [1.165, 1.54) is 7.11 Å². The molecule has 10 heteroatoms. The third-order valence-electron chi connectivity index (χ3n) is 5.73. The molecule has 4 aromatic rings. The Morgan fingerprint density at radius 3 is 2.56 bits per heavy atom. The lowest BCUT2D eigenvalue weighted by molar-refractivity contribution is 0.0595. The molecule has 174 valence electrons. The number of rotatable bonds is 5. The minimum atomic E-state index is -4.04. The first kappa shape index (κ1) is 22.2. The molecule has 0 bridgehead atoms. The van der Waals surface area contributed by atoms with Crippen molar-refractivity contribution in [1.82, 2.24) is 9.88 Å². The number of carbonyl (C=O) groups is 2. The summed E-state index contributed by atoms with van der Waals surface area (Å²) in [5.41, 5.74) is 2.39. The third-order valence-corrected chi connectivity index (χ3v) is 8.85. The Morgan fingerprint density at radius 2 is 1.82 bits per heavy atom. The number of esters is 1. The van der Waals surface area contributed by atoms with E-state index in [1.807, 2.05) is 24.3 Å². The number of aromatic amines is 1. The van der Waals surface area contributed by atoms with Crippen molar-refractivity contribution in [2.75, 3.05) is 18.4 Å². The summed E-state index contributed by atoms with van der Waals surface area (Å²) in [5.74, 6) is -0.886. The van der Waals surface area contributed by atoms with Crippen molar-refractivity contribution in [2.24, 2.45) is 0 Å². The second kappa shape index (κ2) is 8.62. The summed E-state index contributed by atoms with van der Waals surface area (Å²) in [4.78, 5) is 31.2. The van der Waals surface area contributed by atoms with Crippen LogP contribution in [-0.2, 0) is 27.7 Å². The van der Waals surface area contributed by atoms with Gasteiger partial charge < -0.3 is 14.6 Å². The summed E-state index contributed by atoms with van der Waals surface area (Å²) in [7, 11) is -2.82. The van der Waals surface area contributed by atoms with Gasteiger partial charge in [-0.2, -0.15) is 0 Å². The molecule has 0 aliphatic carbocycles. The molecule has 3 heterocycles. The van der Waals surface area contributed by atoms with E-state index in [1.54, 1.807) is 41.3 Å². The van der Waals surface area contributed by atoms with E-state index in [9.17, 15) is 18.0 Å². The van der Waals surface area contributed by atoms with Crippen molar-refractivity contribution in [3.8, 4) is 0 Å². The van der Waals surface area contributed by atoms with Crippen LogP contribution in [0.5, 0.6) is 0 Å². The lowest BCUT2D eigenvalue weighted by atomic mass is 10.0. The highest BCUT2D eigenvalue weighted by atomic mass is 32.2. The number of aromatic nitrogens is 1. The number of nitrogens with zero attached hydrogens (tertiary/aromatic N) is 1. The number of thiophene rings is 1. The molecule has 0 saturated carbocycles. The number of hydrogen-bond donors (Lipinski definition) is 2. The molecule has 1 amide bonds. The highest BCUT2D eigenvalue weighted by Gasteiger charge is 2.35. The first-order valence-corrected chi connectivity index (χ1v) is 12.8. The largest absolute Gasteiger partial charge is 0.465 e. The average Bonchev–Trinajstić information content (AvgIpc) is 3.45. The van der Waals surface area contributed by atoms with Gasteiger partial charge in [0.2, 0.25) is 0 Å². The van der Waals surface area contributed by atoms with E-state index >= 15 is 0 Å². The zero-order chi connectivity index (χ0) is 23.9. The Hall–Kier alpha value is -3.63. The van der Waals surface area contributed by atoms with E-state index in [0.717, 1.165) is 22.2 Å². The molecule has 0 saturated heterocycles. The number of H-pyrrole nitrogens is 1. The van der Waals surface area contributed by atoms with Crippen LogP contribution < -0.4 is 4.72 Å². The number of fused-ring (bicyclic) bond motifs is 2. The monoisotopic (exact) mass is 495 g/mol. The zero-order valence-corrected chi connectivity index (χ0v) is 19.8. The van der Waals surface area contributed by atoms with Gasteiger partial charge >= 0.3 is 5.97 Å². The van der Waals surface area contributed by atoms with E-state index in [2.05, 4.69) is 9.71 Å². The number of amides is 1. The van der Waals surface area contributed by atoms with Gasteiger partial charge in [-0.3, -0.25) is 9.52 Å². The maximum absolute atomic E-state index is 13.2. The molecule has 2 aromatic heterocycles. The molecule has 34 heavy (non-hydrogen) atoms. The summed E-state index contributed by atoms with van der Waals surface area (Å²) in [6.45, 7) is 0.562. The third kappa shape index (κ3) is 3.95. The molecule has 0 atom stereocenters. The molecule has 0 fully saturated rings. The molecular formula is C24H21N3O5S2. The second-order valence-corrected chi connectivity index (χ2v) is 10.9. The van der Waals surface area contributed by atoms with E-state index in [0.29, 0.717) is 34.8 Å². The van der Waals surface area contributed by atoms with Gasteiger partial charge in [-0.05, 0) is 36.2 Å². The molecule has 1 aliphatic rings. The van der Waals surface area contributed by atoms with Crippen LogP contribution in [0.3, 0.4) is 0 Å². The van der Waals surface area contributed by atoms with Crippen LogP contribution >= 0.6 is 11.3 Å². The normalized spacial score (nSPS) is 13.5. The Bertz CT molecular complexity index is 1470. The number of carbonyl (C=O) groups excluding carboxylic acids is 2. The van der Waals surface area contributed by atoms with Crippen LogP contribution in [0.4, 0.5) is 5.69 Å². The van der Waals surface area contributed by atoms with Crippen LogP contribution in [0.25, 0.3) is 10.9 Å². The number of benzene rings is 2. The Kier molecular flexibility index (Phi) is 5.62. The lowest BCUT2D eigenvalue weighted by Crippen LogP contribution is -2.36. The summed E-state index contributed by atoms with van der Waals surface area (Å²) in [5, 5.41) is 0.938. The fraction of sp³-hybridized carbons (Fsp3) is 0.167. The van der Waals surface area contributed by atoms with Crippen LogP contribution in [0.15, 0.2) is 64.9 Å². The van der Waals surface area contributed by atoms with Gasteiger partial charge in [-0.25, -0.2) is 13.2 Å². The molecule has 0 radical (unpaired) electrons. The summed E-state index contributed by atoms with van der Waals surface area (Å²) in [6, 6.07) is 17.9. The zero-order valence-electron chi connectivity index (χ0n) is 18.2. The fourth-order valence-corrected chi connectivity index (χ4v) is 7.08. The standard InChI is InChI=1S/C24H21N3O5S2/c1-32-23(29)21-17-11-12-27(22(28)19-13-15-7-5-6-10-18(15)25-19)14-20(17)33-24(21)34(30,31)26-16-8-3-2-4-9-16/h2-10,13,25-26H,11-12,14H2,1H3. The molecular weight excluding hydrogens is 474 g/mol. The number of nitrogens with one attached hydrogen (secondary N) is 2. The lowest BCUT2D eigenvalue weighted by Gasteiger charge is -2.26. The molecule has 5 rings (SSSR count). The van der Waals surface area contributed by atoms with Crippen molar-refractivity contribution in [3.63, 3.8) is 0 Å². The van der Waals surface area contributed by atoms with Crippen molar-refractivity contribution in [1.29, 1.82) is 0 Å². The maximum Gasteiger partial charge on any atom is 0.340 e. The molecule has 2 aromatic carbocycles. The summed E-state index contributed by atoms with van der Waals surface area (Å²) >= 11 is 0.998. The van der Waals surface area contributed by atoms with Gasteiger partial charge in [0.25, 0.3) is 15.9 Å². The van der Waals surface area contributed by atoms with Gasteiger partial charge in [0, 0.05) is 28.0 Å². The smallest absolute Gasteiger partial charge is 0.340 e. The second-order valence-electron chi connectivity index (χ2n) is 7.88.